The van der Waals surface area contributed by atoms with Gasteiger partial charge in [0.1, 0.15) is 6.04 Å². The summed E-state index contributed by atoms with van der Waals surface area (Å²) < 4.78 is 0. The predicted octanol–water partition coefficient (Wildman–Crippen LogP) is 1.44. The van der Waals surface area contributed by atoms with Crippen molar-refractivity contribution in [3.05, 3.63) is 34.9 Å². The molecule has 4 heterocycles. The fourth-order valence-electron chi connectivity index (χ4n) is 5.72. The van der Waals surface area contributed by atoms with Crippen molar-refractivity contribution in [2.75, 3.05) is 19.6 Å². The first kappa shape index (κ1) is 21.3. The van der Waals surface area contributed by atoms with Crippen LogP contribution in [0.25, 0.3) is 0 Å². The van der Waals surface area contributed by atoms with E-state index >= 15 is 0 Å². The molecule has 3 atom stereocenters. The van der Waals surface area contributed by atoms with Crippen LogP contribution in [0.15, 0.2) is 18.2 Å². The highest BCUT2D eigenvalue weighted by atomic mass is 16.2. The fraction of sp³-hybridized carbons (Fsp3) is 0.583. The minimum absolute atomic E-state index is 0.126. The quantitative estimate of drug-likeness (QED) is 0.691. The molecule has 32 heavy (non-hydrogen) atoms. The molecule has 4 aliphatic heterocycles. The van der Waals surface area contributed by atoms with Crippen molar-refractivity contribution in [3.8, 4) is 0 Å². The summed E-state index contributed by atoms with van der Waals surface area (Å²) >= 11 is 0. The molecule has 4 aliphatic rings. The maximum Gasteiger partial charge on any atom is 0.262 e. The number of rotatable bonds is 4. The number of hydrogen-bond donors (Lipinski definition) is 2. The predicted molar refractivity (Wildman–Crippen MR) is 117 cm³/mol. The molecule has 1 aromatic rings. The number of piperidine rings is 3. The molecule has 3 fully saturated rings. The van der Waals surface area contributed by atoms with Gasteiger partial charge >= 0.3 is 0 Å². The molecule has 0 aliphatic carbocycles. The maximum atomic E-state index is 13.1. The van der Waals surface area contributed by atoms with Crippen LogP contribution in [-0.4, -0.2) is 65.1 Å². The smallest absolute Gasteiger partial charge is 0.262 e. The Kier molecular flexibility index (Phi) is 5.82. The lowest BCUT2D eigenvalue weighted by Crippen LogP contribution is -2.54. The molecular weight excluding hydrogens is 408 g/mol. The van der Waals surface area contributed by atoms with Gasteiger partial charge in [0.2, 0.25) is 11.8 Å². The Morgan fingerprint density at radius 3 is 2.56 bits per heavy atom. The molecule has 1 aromatic carbocycles. The summed E-state index contributed by atoms with van der Waals surface area (Å²) in [5, 5.41) is 5.93. The minimum atomic E-state index is -0.922. The molecule has 0 bridgehead atoms. The van der Waals surface area contributed by atoms with Gasteiger partial charge in [-0.05, 0) is 68.8 Å². The SMILES string of the molecule is O=C1CCC(N2C(=O)c3ccc(CN4CCCC(C5CCCCN5)C4)cc3C2=O)C(=O)N1. The highest BCUT2D eigenvalue weighted by molar-refractivity contribution is 6.23. The highest BCUT2D eigenvalue weighted by Gasteiger charge is 2.44. The zero-order valence-electron chi connectivity index (χ0n) is 18.3. The molecule has 4 amide bonds. The van der Waals surface area contributed by atoms with Crippen molar-refractivity contribution in [1.29, 1.82) is 0 Å². The van der Waals surface area contributed by atoms with E-state index in [-0.39, 0.29) is 18.7 Å². The van der Waals surface area contributed by atoms with Gasteiger partial charge in [-0.15, -0.1) is 0 Å². The standard InChI is InChI=1S/C24H30N4O4/c29-21-9-8-20(22(30)26-21)28-23(31)17-7-6-15(12-18(17)24(28)32)13-27-11-3-4-16(14-27)19-5-1-2-10-25-19/h6-7,12,16,19-20,25H,1-5,8-11,13-14H2,(H,26,29,30). The van der Waals surface area contributed by atoms with Crippen LogP contribution in [0.3, 0.4) is 0 Å². The van der Waals surface area contributed by atoms with Crippen molar-refractivity contribution >= 4 is 23.6 Å². The van der Waals surface area contributed by atoms with Crippen LogP contribution in [0.2, 0.25) is 0 Å². The number of carbonyl (C=O) groups excluding carboxylic acids is 4. The molecule has 0 saturated carbocycles. The van der Waals surface area contributed by atoms with Gasteiger partial charge in [-0.25, -0.2) is 0 Å². The number of carbonyl (C=O) groups is 4. The Balaban J connectivity index is 1.28. The normalized spacial score (nSPS) is 29.2. The van der Waals surface area contributed by atoms with Gasteiger partial charge in [0, 0.05) is 25.6 Å². The summed E-state index contributed by atoms with van der Waals surface area (Å²) in [6.45, 7) is 3.95. The third kappa shape index (κ3) is 3.97. The summed E-state index contributed by atoms with van der Waals surface area (Å²) in [6.07, 6.45) is 6.56. The summed E-state index contributed by atoms with van der Waals surface area (Å²) in [5.41, 5.74) is 1.71. The average molecular weight is 439 g/mol. The molecule has 170 valence electrons. The second-order valence-electron chi connectivity index (χ2n) is 9.52. The van der Waals surface area contributed by atoms with Crippen LogP contribution in [0.5, 0.6) is 0 Å². The van der Waals surface area contributed by atoms with Gasteiger partial charge in [0.25, 0.3) is 11.8 Å². The molecule has 5 rings (SSSR count). The summed E-state index contributed by atoms with van der Waals surface area (Å²) in [6, 6.07) is 5.12. The lowest BCUT2D eigenvalue weighted by molar-refractivity contribution is -0.136. The number of hydrogen-bond acceptors (Lipinski definition) is 6. The zero-order chi connectivity index (χ0) is 22.2. The Hall–Kier alpha value is -2.58. The van der Waals surface area contributed by atoms with Crippen LogP contribution >= 0.6 is 0 Å². The van der Waals surface area contributed by atoms with Gasteiger partial charge < -0.3 is 5.32 Å². The van der Waals surface area contributed by atoms with Gasteiger partial charge in [-0.1, -0.05) is 12.5 Å². The van der Waals surface area contributed by atoms with Crippen molar-refractivity contribution in [3.63, 3.8) is 0 Å². The van der Waals surface area contributed by atoms with Crippen LogP contribution in [-0.2, 0) is 16.1 Å². The van der Waals surface area contributed by atoms with E-state index in [4.69, 9.17) is 0 Å². The van der Waals surface area contributed by atoms with Crippen LogP contribution in [0.4, 0.5) is 0 Å². The fourth-order valence-corrected chi connectivity index (χ4v) is 5.72. The monoisotopic (exact) mass is 438 g/mol. The molecule has 3 unspecified atom stereocenters. The number of amides is 4. The van der Waals surface area contributed by atoms with E-state index in [0.29, 0.717) is 23.1 Å². The largest absolute Gasteiger partial charge is 0.314 e. The van der Waals surface area contributed by atoms with Crippen molar-refractivity contribution in [1.82, 2.24) is 20.4 Å². The first-order chi connectivity index (χ1) is 15.5. The highest BCUT2D eigenvalue weighted by Crippen LogP contribution is 2.30. The summed E-state index contributed by atoms with van der Waals surface area (Å²) in [4.78, 5) is 53.1. The number of benzene rings is 1. The number of nitrogens with one attached hydrogen (secondary N) is 2. The Morgan fingerprint density at radius 1 is 0.938 bits per heavy atom. The number of fused-ring (bicyclic) bond motifs is 1. The number of imide groups is 2. The minimum Gasteiger partial charge on any atom is -0.314 e. The van der Waals surface area contributed by atoms with Gasteiger partial charge in [0.15, 0.2) is 0 Å². The van der Waals surface area contributed by atoms with Crippen LogP contribution in [0.1, 0.15) is 71.2 Å². The van der Waals surface area contributed by atoms with Gasteiger partial charge in [0.05, 0.1) is 11.1 Å². The number of nitrogens with zero attached hydrogens (tertiary/aromatic N) is 2. The van der Waals surface area contributed by atoms with E-state index in [1.165, 1.54) is 32.1 Å². The molecule has 0 spiro atoms. The van der Waals surface area contributed by atoms with E-state index in [0.717, 1.165) is 36.6 Å². The van der Waals surface area contributed by atoms with Crippen molar-refractivity contribution in [2.45, 2.75) is 63.6 Å². The first-order valence-corrected chi connectivity index (χ1v) is 11.8. The molecule has 8 nitrogen and oxygen atoms in total. The lowest BCUT2D eigenvalue weighted by atomic mass is 9.86. The number of likely N-dealkylation sites (tertiary alicyclic amines) is 1. The van der Waals surface area contributed by atoms with Crippen LogP contribution < -0.4 is 10.6 Å². The Morgan fingerprint density at radius 2 is 1.78 bits per heavy atom. The van der Waals surface area contributed by atoms with Gasteiger partial charge in [-0.3, -0.25) is 34.3 Å². The molecule has 2 N–H and O–H groups in total. The Labute approximate surface area is 187 Å². The summed E-state index contributed by atoms with van der Waals surface area (Å²) in [7, 11) is 0. The average Bonchev–Trinajstić information content (AvgIpc) is 3.04. The zero-order valence-corrected chi connectivity index (χ0v) is 18.3. The van der Waals surface area contributed by atoms with E-state index in [1.54, 1.807) is 6.07 Å². The molecular formula is C24H30N4O4. The van der Waals surface area contributed by atoms with Crippen molar-refractivity contribution in [2.24, 2.45) is 5.92 Å². The first-order valence-electron chi connectivity index (χ1n) is 11.8. The molecule has 8 heteroatoms. The van der Waals surface area contributed by atoms with E-state index in [1.807, 2.05) is 12.1 Å². The van der Waals surface area contributed by atoms with E-state index < -0.39 is 23.8 Å². The van der Waals surface area contributed by atoms with E-state index in [2.05, 4.69) is 15.5 Å². The van der Waals surface area contributed by atoms with Gasteiger partial charge in [-0.2, -0.15) is 0 Å². The maximum absolute atomic E-state index is 13.1. The Bertz CT molecular complexity index is 955. The van der Waals surface area contributed by atoms with Crippen molar-refractivity contribution < 1.29 is 19.2 Å². The second kappa shape index (κ2) is 8.75. The summed E-state index contributed by atoms with van der Waals surface area (Å²) in [5.74, 6) is -1.18. The topological polar surface area (TPSA) is 98.8 Å². The molecule has 0 radical (unpaired) electrons. The lowest BCUT2D eigenvalue weighted by Gasteiger charge is -2.39. The van der Waals surface area contributed by atoms with Crippen LogP contribution in [0, 0.1) is 5.92 Å². The van der Waals surface area contributed by atoms with E-state index in [9.17, 15) is 19.2 Å². The second-order valence-corrected chi connectivity index (χ2v) is 9.52. The third-order valence-electron chi connectivity index (χ3n) is 7.37. The third-order valence-corrected chi connectivity index (χ3v) is 7.37. The molecule has 3 saturated heterocycles. The molecule has 0 aromatic heterocycles.